The number of rotatable bonds is 8. The highest BCUT2D eigenvalue weighted by Gasteiger charge is 1.94. The molecule has 4 nitrogen and oxygen atoms in total. The van der Waals surface area contributed by atoms with Gasteiger partial charge in [-0.2, -0.15) is 0 Å². The van der Waals surface area contributed by atoms with Gasteiger partial charge in [-0.25, -0.2) is 0 Å². The van der Waals surface area contributed by atoms with Gasteiger partial charge in [-0.05, 0) is 19.9 Å². The van der Waals surface area contributed by atoms with Crippen molar-refractivity contribution in [3.05, 3.63) is 12.7 Å². The Balaban J connectivity index is 3.06. The molecule has 1 amide bonds. The zero-order chi connectivity index (χ0) is 10.8. The van der Waals surface area contributed by atoms with E-state index in [-0.39, 0.29) is 12.0 Å². The van der Waals surface area contributed by atoms with E-state index >= 15 is 0 Å². The minimum Gasteiger partial charge on any atom is -0.377 e. The molecule has 1 N–H and O–H groups in total. The lowest BCUT2D eigenvalue weighted by Crippen LogP contribution is -2.25. The van der Waals surface area contributed by atoms with Crippen LogP contribution in [0, 0.1) is 0 Å². The summed E-state index contributed by atoms with van der Waals surface area (Å²) in [7, 11) is 0. The molecule has 0 fully saturated rings. The van der Waals surface area contributed by atoms with Crippen LogP contribution in [0.3, 0.4) is 0 Å². The minimum absolute atomic E-state index is 0.174. The van der Waals surface area contributed by atoms with Crippen molar-refractivity contribution in [3.8, 4) is 0 Å². The van der Waals surface area contributed by atoms with E-state index in [2.05, 4.69) is 11.9 Å². The van der Waals surface area contributed by atoms with Crippen molar-refractivity contribution in [1.82, 2.24) is 5.32 Å². The maximum absolute atomic E-state index is 10.7. The fraction of sp³-hybridized carbons (Fsp3) is 0.700. The smallest absolute Gasteiger partial charge is 0.243 e. The van der Waals surface area contributed by atoms with Gasteiger partial charge < -0.3 is 14.8 Å². The molecule has 0 bridgehead atoms. The molecule has 0 aliphatic carbocycles. The molecule has 0 heterocycles. The van der Waals surface area contributed by atoms with Gasteiger partial charge in [-0.1, -0.05) is 6.58 Å². The van der Waals surface area contributed by atoms with Crippen LogP contribution in [0.5, 0.6) is 0 Å². The number of nitrogens with one attached hydrogen (secondary N) is 1. The van der Waals surface area contributed by atoms with Crippen LogP contribution in [-0.2, 0) is 14.3 Å². The standard InChI is InChI=1S/C10H19NO3/c1-4-10(12)11-5-6-13-7-8-14-9(2)3/h4,9H,1,5-8H2,2-3H3,(H,11,12). The van der Waals surface area contributed by atoms with Crippen LogP contribution in [0.4, 0.5) is 0 Å². The lowest BCUT2D eigenvalue weighted by Gasteiger charge is -2.08. The van der Waals surface area contributed by atoms with Crippen molar-refractivity contribution in [3.63, 3.8) is 0 Å². The quantitative estimate of drug-likeness (QED) is 0.465. The van der Waals surface area contributed by atoms with Crippen LogP contribution in [0.15, 0.2) is 12.7 Å². The second-order valence-corrected chi connectivity index (χ2v) is 3.03. The predicted molar refractivity (Wildman–Crippen MR) is 55.1 cm³/mol. The molecule has 0 spiro atoms. The summed E-state index contributed by atoms with van der Waals surface area (Å²) < 4.78 is 10.5. The van der Waals surface area contributed by atoms with Crippen molar-refractivity contribution in [2.24, 2.45) is 0 Å². The summed E-state index contributed by atoms with van der Waals surface area (Å²) in [5.74, 6) is -0.174. The minimum atomic E-state index is -0.174. The Hall–Kier alpha value is -0.870. The monoisotopic (exact) mass is 201 g/mol. The van der Waals surface area contributed by atoms with Crippen LogP contribution in [0.25, 0.3) is 0 Å². The van der Waals surface area contributed by atoms with Crippen molar-refractivity contribution < 1.29 is 14.3 Å². The molecule has 14 heavy (non-hydrogen) atoms. The molecule has 0 aliphatic rings. The van der Waals surface area contributed by atoms with Gasteiger partial charge in [0.15, 0.2) is 0 Å². The van der Waals surface area contributed by atoms with E-state index in [1.54, 1.807) is 0 Å². The highest BCUT2D eigenvalue weighted by molar-refractivity contribution is 5.86. The third-order valence-electron chi connectivity index (χ3n) is 1.41. The molecule has 0 rings (SSSR count). The van der Waals surface area contributed by atoms with E-state index in [1.807, 2.05) is 13.8 Å². The fourth-order valence-electron chi connectivity index (χ4n) is 0.763. The zero-order valence-electron chi connectivity index (χ0n) is 8.91. The Bertz CT molecular complexity index is 169. The summed E-state index contributed by atoms with van der Waals surface area (Å²) in [6, 6.07) is 0. The second kappa shape index (κ2) is 8.72. The van der Waals surface area contributed by atoms with Gasteiger partial charge in [0, 0.05) is 6.54 Å². The molecular formula is C10H19NO3. The average Bonchev–Trinajstić information content (AvgIpc) is 2.15. The Labute approximate surface area is 85.3 Å². The Morgan fingerprint density at radius 3 is 2.71 bits per heavy atom. The van der Waals surface area contributed by atoms with Crippen molar-refractivity contribution >= 4 is 5.91 Å². The summed E-state index contributed by atoms with van der Waals surface area (Å²) in [5, 5.41) is 2.61. The van der Waals surface area contributed by atoms with Crippen molar-refractivity contribution in [1.29, 1.82) is 0 Å². The number of carbonyl (C=O) groups excluding carboxylic acids is 1. The van der Waals surface area contributed by atoms with E-state index in [0.717, 1.165) is 0 Å². The number of hydrogen-bond acceptors (Lipinski definition) is 3. The van der Waals surface area contributed by atoms with Gasteiger partial charge in [-0.3, -0.25) is 4.79 Å². The average molecular weight is 201 g/mol. The van der Waals surface area contributed by atoms with Gasteiger partial charge in [-0.15, -0.1) is 0 Å². The molecular weight excluding hydrogens is 182 g/mol. The lowest BCUT2D eigenvalue weighted by molar-refractivity contribution is -0.116. The number of ether oxygens (including phenoxy) is 2. The Morgan fingerprint density at radius 2 is 2.14 bits per heavy atom. The summed E-state index contributed by atoms with van der Waals surface area (Å²) in [5.41, 5.74) is 0. The summed E-state index contributed by atoms with van der Waals surface area (Å²) >= 11 is 0. The molecule has 0 saturated carbocycles. The van der Waals surface area contributed by atoms with E-state index in [4.69, 9.17) is 9.47 Å². The van der Waals surface area contributed by atoms with Gasteiger partial charge in [0.25, 0.3) is 0 Å². The van der Waals surface area contributed by atoms with Crippen LogP contribution < -0.4 is 5.32 Å². The summed E-state index contributed by atoms with van der Waals surface area (Å²) in [6.45, 7) is 9.44. The molecule has 0 radical (unpaired) electrons. The van der Waals surface area contributed by atoms with Crippen LogP contribution in [0.2, 0.25) is 0 Å². The Morgan fingerprint density at radius 1 is 1.43 bits per heavy atom. The third kappa shape index (κ3) is 9.22. The molecule has 0 saturated heterocycles. The van der Waals surface area contributed by atoms with E-state index in [9.17, 15) is 4.79 Å². The van der Waals surface area contributed by atoms with Gasteiger partial charge in [0.05, 0.1) is 25.9 Å². The number of hydrogen-bond donors (Lipinski definition) is 1. The zero-order valence-corrected chi connectivity index (χ0v) is 8.91. The third-order valence-corrected chi connectivity index (χ3v) is 1.41. The topological polar surface area (TPSA) is 47.6 Å². The lowest BCUT2D eigenvalue weighted by atomic mass is 10.5. The molecule has 4 heteroatoms. The summed E-state index contributed by atoms with van der Waals surface area (Å²) in [4.78, 5) is 10.7. The SMILES string of the molecule is C=CC(=O)NCCOCCOC(C)C. The van der Waals surface area contributed by atoms with Crippen LogP contribution in [0.1, 0.15) is 13.8 Å². The normalized spacial score (nSPS) is 10.2. The Kier molecular flexibility index (Phi) is 8.17. The molecule has 82 valence electrons. The van der Waals surface area contributed by atoms with Gasteiger partial charge in [0.1, 0.15) is 0 Å². The molecule has 0 aliphatic heterocycles. The van der Waals surface area contributed by atoms with Gasteiger partial charge >= 0.3 is 0 Å². The first-order valence-electron chi connectivity index (χ1n) is 4.76. The van der Waals surface area contributed by atoms with Crippen molar-refractivity contribution in [2.75, 3.05) is 26.4 Å². The molecule has 0 unspecified atom stereocenters. The fourth-order valence-corrected chi connectivity index (χ4v) is 0.763. The molecule has 0 aromatic carbocycles. The molecule has 0 aromatic heterocycles. The van der Waals surface area contributed by atoms with Crippen LogP contribution in [-0.4, -0.2) is 38.4 Å². The number of carbonyl (C=O) groups is 1. The summed E-state index contributed by atoms with van der Waals surface area (Å²) in [6.07, 6.45) is 1.47. The highest BCUT2D eigenvalue weighted by Crippen LogP contribution is 1.86. The molecule has 0 aromatic rings. The maximum Gasteiger partial charge on any atom is 0.243 e. The first kappa shape index (κ1) is 13.1. The van der Waals surface area contributed by atoms with Crippen LogP contribution >= 0.6 is 0 Å². The van der Waals surface area contributed by atoms with E-state index < -0.39 is 0 Å². The first-order valence-corrected chi connectivity index (χ1v) is 4.76. The predicted octanol–water partition coefficient (Wildman–Crippen LogP) is 0.730. The number of amides is 1. The van der Waals surface area contributed by atoms with Gasteiger partial charge in [0.2, 0.25) is 5.91 Å². The molecule has 0 atom stereocenters. The highest BCUT2D eigenvalue weighted by atomic mass is 16.5. The van der Waals surface area contributed by atoms with E-state index in [0.29, 0.717) is 26.4 Å². The van der Waals surface area contributed by atoms with Crippen molar-refractivity contribution in [2.45, 2.75) is 20.0 Å². The van der Waals surface area contributed by atoms with E-state index in [1.165, 1.54) is 6.08 Å². The second-order valence-electron chi connectivity index (χ2n) is 3.03. The largest absolute Gasteiger partial charge is 0.377 e. The first-order chi connectivity index (χ1) is 6.66. The maximum atomic E-state index is 10.7.